The van der Waals surface area contributed by atoms with Crippen molar-refractivity contribution in [2.75, 3.05) is 5.32 Å². The number of anilines is 1. The molecule has 0 atom stereocenters. The number of nitrogens with zero attached hydrogens (tertiary/aromatic N) is 2. The van der Waals surface area contributed by atoms with Crippen molar-refractivity contribution in [2.24, 2.45) is 0 Å². The Bertz CT molecular complexity index is 734. The number of hydrogen-bond donors (Lipinski definition) is 1. The number of carbonyl (C=O) groups excluding carboxylic acids is 1. The molecule has 1 amide bonds. The van der Waals surface area contributed by atoms with Crippen molar-refractivity contribution in [3.05, 3.63) is 65.0 Å². The third-order valence-electron chi connectivity index (χ3n) is 2.77. The first-order valence-electron chi connectivity index (χ1n) is 5.72. The Morgan fingerprint density at radius 1 is 1.16 bits per heavy atom. The highest BCUT2D eigenvalue weighted by atomic mass is 79.9. The van der Waals surface area contributed by atoms with Gasteiger partial charge in [0.1, 0.15) is 5.65 Å². The number of rotatable bonds is 2. The van der Waals surface area contributed by atoms with E-state index in [-0.39, 0.29) is 5.91 Å². The van der Waals surface area contributed by atoms with Crippen LogP contribution in [0.15, 0.2) is 59.5 Å². The molecule has 0 saturated carbocycles. The number of aromatic nitrogens is 2. The number of nitrogens with one attached hydrogen (secondary N) is 1. The van der Waals surface area contributed by atoms with Crippen molar-refractivity contribution in [3.8, 4) is 0 Å². The summed E-state index contributed by atoms with van der Waals surface area (Å²) in [5.74, 6) is -0.167. The summed E-state index contributed by atoms with van der Waals surface area (Å²) in [6, 6.07) is 11.0. The first-order valence-corrected chi connectivity index (χ1v) is 6.52. The van der Waals surface area contributed by atoms with Crippen LogP contribution in [0.4, 0.5) is 5.69 Å². The molecular formula is C14H10BrN3O. The molecule has 4 nitrogen and oxygen atoms in total. The van der Waals surface area contributed by atoms with E-state index in [0.717, 1.165) is 10.2 Å². The van der Waals surface area contributed by atoms with Gasteiger partial charge in [0.05, 0.1) is 5.56 Å². The fourth-order valence-electron chi connectivity index (χ4n) is 1.86. The van der Waals surface area contributed by atoms with E-state index in [4.69, 9.17) is 0 Å². The minimum atomic E-state index is -0.167. The average Bonchev–Trinajstić information content (AvgIpc) is 2.89. The van der Waals surface area contributed by atoms with Crippen LogP contribution >= 0.6 is 15.9 Å². The van der Waals surface area contributed by atoms with Gasteiger partial charge in [0.2, 0.25) is 0 Å². The van der Waals surface area contributed by atoms with Crippen LogP contribution in [0.3, 0.4) is 0 Å². The third-order valence-corrected chi connectivity index (χ3v) is 3.29. The van der Waals surface area contributed by atoms with Gasteiger partial charge in [-0.05, 0) is 36.4 Å². The van der Waals surface area contributed by atoms with E-state index in [2.05, 4.69) is 26.2 Å². The number of fused-ring (bicyclic) bond motifs is 1. The standard InChI is InChI=1S/C14H10BrN3O/c15-10-3-5-11(6-4-10)17-14(19)12-2-1-8-18-9-7-16-13(12)18/h1-9H,(H,17,19). The van der Waals surface area contributed by atoms with Gasteiger partial charge in [0, 0.05) is 28.8 Å². The molecular weight excluding hydrogens is 306 g/mol. The number of benzene rings is 1. The van der Waals surface area contributed by atoms with Crippen LogP contribution < -0.4 is 5.32 Å². The second-order valence-corrected chi connectivity index (χ2v) is 4.96. The van der Waals surface area contributed by atoms with Crippen LogP contribution in [-0.4, -0.2) is 15.3 Å². The van der Waals surface area contributed by atoms with Crippen LogP contribution in [0.2, 0.25) is 0 Å². The molecule has 0 unspecified atom stereocenters. The second-order valence-electron chi connectivity index (χ2n) is 4.04. The zero-order chi connectivity index (χ0) is 13.2. The van der Waals surface area contributed by atoms with Gasteiger partial charge in [-0.1, -0.05) is 15.9 Å². The summed E-state index contributed by atoms with van der Waals surface area (Å²) in [6.07, 6.45) is 5.34. The van der Waals surface area contributed by atoms with Crippen LogP contribution in [0.1, 0.15) is 10.4 Å². The summed E-state index contributed by atoms with van der Waals surface area (Å²) in [4.78, 5) is 16.4. The Kier molecular flexibility index (Phi) is 3.05. The van der Waals surface area contributed by atoms with Crippen LogP contribution in [0, 0.1) is 0 Å². The quantitative estimate of drug-likeness (QED) is 0.788. The Hall–Kier alpha value is -2.14. The van der Waals surface area contributed by atoms with Crippen molar-refractivity contribution in [2.45, 2.75) is 0 Å². The molecule has 3 aromatic rings. The predicted molar refractivity (Wildman–Crippen MR) is 77.3 cm³/mol. The number of hydrogen-bond acceptors (Lipinski definition) is 2. The van der Waals surface area contributed by atoms with E-state index in [1.165, 1.54) is 0 Å². The average molecular weight is 316 g/mol. The van der Waals surface area contributed by atoms with E-state index in [1.807, 2.05) is 47.1 Å². The minimum Gasteiger partial charge on any atom is -0.322 e. The maximum Gasteiger partial charge on any atom is 0.259 e. The molecule has 1 N–H and O–H groups in total. The molecule has 1 aromatic carbocycles. The normalized spacial score (nSPS) is 10.6. The van der Waals surface area contributed by atoms with Gasteiger partial charge >= 0.3 is 0 Å². The number of halogens is 1. The van der Waals surface area contributed by atoms with Gasteiger partial charge in [-0.2, -0.15) is 0 Å². The van der Waals surface area contributed by atoms with Crippen LogP contribution in [0.5, 0.6) is 0 Å². The van der Waals surface area contributed by atoms with E-state index in [1.54, 1.807) is 12.3 Å². The summed E-state index contributed by atoms with van der Waals surface area (Å²) < 4.78 is 2.79. The largest absolute Gasteiger partial charge is 0.322 e. The second kappa shape index (κ2) is 4.85. The summed E-state index contributed by atoms with van der Waals surface area (Å²) in [6.45, 7) is 0. The zero-order valence-corrected chi connectivity index (χ0v) is 11.5. The molecule has 0 radical (unpaired) electrons. The Labute approximate surface area is 118 Å². The van der Waals surface area contributed by atoms with E-state index < -0.39 is 0 Å². The number of amides is 1. The topological polar surface area (TPSA) is 46.4 Å². The van der Waals surface area contributed by atoms with Gasteiger partial charge in [-0.15, -0.1) is 0 Å². The molecule has 19 heavy (non-hydrogen) atoms. The lowest BCUT2D eigenvalue weighted by Crippen LogP contribution is -2.13. The molecule has 0 bridgehead atoms. The lowest BCUT2D eigenvalue weighted by atomic mass is 10.2. The fourth-order valence-corrected chi connectivity index (χ4v) is 2.12. The molecule has 0 aliphatic heterocycles. The first kappa shape index (κ1) is 11.9. The molecule has 2 aromatic heterocycles. The maximum absolute atomic E-state index is 12.2. The van der Waals surface area contributed by atoms with Crippen molar-refractivity contribution >= 4 is 33.2 Å². The van der Waals surface area contributed by atoms with Gasteiger partial charge in [0.15, 0.2) is 0 Å². The monoisotopic (exact) mass is 315 g/mol. The smallest absolute Gasteiger partial charge is 0.259 e. The van der Waals surface area contributed by atoms with Crippen LogP contribution in [0.25, 0.3) is 5.65 Å². The predicted octanol–water partition coefficient (Wildman–Crippen LogP) is 3.35. The number of carbonyl (C=O) groups is 1. The lowest BCUT2D eigenvalue weighted by molar-refractivity contribution is 0.102. The Morgan fingerprint density at radius 2 is 1.95 bits per heavy atom. The first-order chi connectivity index (χ1) is 9.24. The summed E-state index contributed by atoms with van der Waals surface area (Å²) in [5, 5.41) is 2.85. The molecule has 94 valence electrons. The van der Waals surface area contributed by atoms with Crippen molar-refractivity contribution in [3.63, 3.8) is 0 Å². The molecule has 0 saturated heterocycles. The highest BCUT2D eigenvalue weighted by Crippen LogP contribution is 2.16. The molecule has 0 fully saturated rings. The van der Waals surface area contributed by atoms with Gasteiger partial charge < -0.3 is 9.72 Å². The zero-order valence-electron chi connectivity index (χ0n) is 9.88. The highest BCUT2D eigenvalue weighted by molar-refractivity contribution is 9.10. The summed E-state index contributed by atoms with van der Waals surface area (Å²) in [7, 11) is 0. The molecule has 0 aliphatic rings. The Morgan fingerprint density at radius 3 is 2.74 bits per heavy atom. The van der Waals surface area contributed by atoms with Crippen molar-refractivity contribution in [1.82, 2.24) is 9.38 Å². The molecule has 5 heteroatoms. The van der Waals surface area contributed by atoms with Crippen molar-refractivity contribution in [1.29, 1.82) is 0 Å². The molecule has 0 aliphatic carbocycles. The van der Waals surface area contributed by atoms with Crippen LogP contribution in [-0.2, 0) is 0 Å². The molecule has 3 rings (SSSR count). The van der Waals surface area contributed by atoms with E-state index in [9.17, 15) is 4.79 Å². The van der Waals surface area contributed by atoms with Gasteiger partial charge in [-0.3, -0.25) is 4.79 Å². The minimum absolute atomic E-state index is 0.167. The van der Waals surface area contributed by atoms with E-state index in [0.29, 0.717) is 11.2 Å². The Balaban J connectivity index is 1.92. The van der Waals surface area contributed by atoms with Gasteiger partial charge in [0.25, 0.3) is 5.91 Å². The molecule has 2 heterocycles. The number of imidazole rings is 1. The van der Waals surface area contributed by atoms with E-state index >= 15 is 0 Å². The summed E-state index contributed by atoms with van der Waals surface area (Å²) >= 11 is 3.36. The number of pyridine rings is 1. The fraction of sp³-hybridized carbons (Fsp3) is 0. The molecule has 0 spiro atoms. The van der Waals surface area contributed by atoms with Gasteiger partial charge in [-0.25, -0.2) is 4.98 Å². The maximum atomic E-state index is 12.2. The highest BCUT2D eigenvalue weighted by Gasteiger charge is 2.11. The lowest BCUT2D eigenvalue weighted by Gasteiger charge is -2.06. The SMILES string of the molecule is O=C(Nc1ccc(Br)cc1)c1cccn2ccnc12. The summed E-state index contributed by atoms with van der Waals surface area (Å²) in [5.41, 5.74) is 1.95. The third kappa shape index (κ3) is 2.37. The van der Waals surface area contributed by atoms with Crippen molar-refractivity contribution < 1.29 is 4.79 Å².